The van der Waals surface area contributed by atoms with Crippen molar-refractivity contribution in [2.24, 2.45) is 0 Å². The summed E-state index contributed by atoms with van der Waals surface area (Å²) in [6.45, 7) is 2.13. The van der Waals surface area contributed by atoms with Gasteiger partial charge in [-0.05, 0) is 53.9 Å². The first-order valence-electron chi connectivity index (χ1n) is 11.3. The lowest BCUT2D eigenvalue weighted by atomic mass is 10.0. The van der Waals surface area contributed by atoms with Gasteiger partial charge in [0.2, 0.25) is 5.91 Å². The molecule has 0 radical (unpaired) electrons. The molecule has 0 saturated carbocycles. The number of benzene rings is 2. The van der Waals surface area contributed by atoms with Crippen molar-refractivity contribution in [3.8, 4) is 11.3 Å². The lowest BCUT2D eigenvalue weighted by molar-refractivity contribution is -0.123. The minimum atomic E-state index is -1.05. The van der Waals surface area contributed by atoms with Crippen LogP contribution >= 0.6 is 0 Å². The van der Waals surface area contributed by atoms with Gasteiger partial charge < -0.3 is 21.4 Å². The molecule has 2 aromatic heterocycles. The molecule has 0 fully saturated rings. The number of nitrogens with two attached hydrogens (primary N) is 1. The predicted molar refractivity (Wildman–Crippen MR) is 133 cm³/mol. The summed E-state index contributed by atoms with van der Waals surface area (Å²) in [6.07, 6.45) is 1.49. The maximum atomic E-state index is 13.8. The van der Waals surface area contributed by atoms with Gasteiger partial charge in [0.15, 0.2) is 11.6 Å². The number of carbonyl (C=O) groups is 2. The number of amides is 2. The Morgan fingerprint density at radius 2 is 1.72 bits per heavy atom. The number of H-pyrrole nitrogens is 1. The molecule has 1 atom stereocenters. The van der Waals surface area contributed by atoms with Gasteiger partial charge in [0, 0.05) is 24.9 Å². The van der Waals surface area contributed by atoms with Crippen LogP contribution in [0.1, 0.15) is 27.2 Å². The molecule has 36 heavy (non-hydrogen) atoms. The molecule has 2 amide bonds. The summed E-state index contributed by atoms with van der Waals surface area (Å²) in [4.78, 5) is 33.1. The van der Waals surface area contributed by atoms with Crippen LogP contribution in [0.25, 0.3) is 11.3 Å². The van der Waals surface area contributed by atoms with Gasteiger partial charge >= 0.3 is 0 Å². The minimum absolute atomic E-state index is 0.0414. The number of halogens is 2. The fraction of sp³-hybridized carbons (Fsp3) is 0.148. The van der Waals surface area contributed by atoms with Gasteiger partial charge in [-0.3, -0.25) is 9.59 Å². The van der Waals surface area contributed by atoms with Crippen LogP contribution in [0.3, 0.4) is 0 Å². The summed E-state index contributed by atoms with van der Waals surface area (Å²) in [6, 6.07) is 16.9. The summed E-state index contributed by atoms with van der Waals surface area (Å²) >= 11 is 0. The van der Waals surface area contributed by atoms with Gasteiger partial charge in [0.1, 0.15) is 17.6 Å². The third kappa shape index (κ3) is 6.12. The van der Waals surface area contributed by atoms with E-state index in [2.05, 4.69) is 20.6 Å². The Kier molecular flexibility index (Phi) is 7.39. The van der Waals surface area contributed by atoms with E-state index in [0.717, 1.165) is 29.0 Å². The molecule has 0 aliphatic carbocycles. The van der Waals surface area contributed by atoms with Crippen molar-refractivity contribution in [2.45, 2.75) is 25.9 Å². The molecule has 4 rings (SSSR count). The Morgan fingerprint density at radius 1 is 0.972 bits per heavy atom. The molecule has 2 heterocycles. The molecule has 0 unspecified atom stereocenters. The van der Waals surface area contributed by atoms with Gasteiger partial charge in [-0.1, -0.05) is 42.0 Å². The highest BCUT2D eigenvalue weighted by molar-refractivity contribution is 5.97. The van der Waals surface area contributed by atoms with Gasteiger partial charge in [-0.2, -0.15) is 0 Å². The topological polar surface area (TPSA) is 113 Å². The number of carbonyl (C=O) groups excluding carboxylic acids is 2. The zero-order chi connectivity index (χ0) is 25.7. The molecule has 4 aromatic rings. The number of pyridine rings is 1. The standard InChI is InChI=1S/C27H25F2N5O2/c1-16-2-6-19(7-3-16)22-9-10-23(33-22)27(36)34-24(13-17-4-8-20(28)21(29)12-17)26(35)32-15-18-5-11-25(30)31-14-18/h2-12,14,24,33H,13,15H2,1H3,(H2,30,31)(H,32,35)(H,34,36)/t24-/m0/s1. The van der Waals surface area contributed by atoms with E-state index in [1.165, 1.54) is 12.3 Å². The van der Waals surface area contributed by atoms with E-state index in [9.17, 15) is 18.4 Å². The number of hydrogen-bond donors (Lipinski definition) is 4. The summed E-state index contributed by atoms with van der Waals surface area (Å²) in [5.41, 5.74) is 9.69. The average molecular weight is 490 g/mol. The van der Waals surface area contributed by atoms with E-state index in [1.54, 1.807) is 24.3 Å². The van der Waals surface area contributed by atoms with E-state index >= 15 is 0 Å². The fourth-order valence-electron chi connectivity index (χ4n) is 3.63. The molecule has 0 spiro atoms. The average Bonchev–Trinajstić information content (AvgIpc) is 3.36. The first-order chi connectivity index (χ1) is 17.3. The smallest absolute Gasteiger partial charge is 0.268 e. The lowest BCUT2D eigenvalue weighted by Gasteiger charge is -2.19. The fourth-order valence-corrected chi connectivity index (χ4v) is 3.63. The Labute approximate surface area is 206 Å². The molecular weight excluding hydrogens is 464 g/mol. The summed E-state index contributed by atoms with van der Waals surface area (Å²) in [7, 11) is 0. The Balaban J connectivity index is 1.50. The second-order valence-electron chi connectivity index (χ2n) is 8.44. The quantitative estimate of drug-likeness (QED) is 0.301. The van der Waals surface area contributed by atoms with Crippen LogP contribution in [0, 0.1) is 18.6 Å². The summed E-state index contributed by atoms with van der Waals surface area (Å²) < 4.78 is 27.1. The van der Waals surface area contributed by atoms with E-state index < -0.39 is 29.5 Å². The number of nitrogens with zero attached hydrogens (tertiary/aromatic N) is 1. The zero-order valence-electron chi connectivity index (χ0n) is 19.5. The maximum absolute atomic E-state index is 13.8. The monoisotopic (exact) mass is 489 g/mol. The molecule has 0 bridgehead atoms. The van der Waals surface area contributed by atoms with Crippen molar-refractivity contribution in [1.29, 1.82) is 0 Å². The maximum Gasteiger partial charge on any atom is 0.268 e. The third-order valence-corrected chi connectivity index (χ3v) is 5.65. The van der Waals surface area contributed by atoms with Crippen molar-refractivity contribution in [3.05, 3.63) is 107 Å². The first-order valence-corrected chi connectivity index (χ1v) is 11.3. The zero-order valence-corrected chi connectivity index (χ0v) is 19.5. The largest absolute Gasteiger partial charge is 0.384 e. The molecule has 5 N–H and O–H groups in total. The van der Waals surface area contributed by atoms with Crippen molar-refractivity contribution in [2.75, 3.05) is 5.73 Å². The highest BCUT2D eigenvalue weighted by Crippen LogP contribution is 2.19. The van der Waals surface area contributed by atoms with E-state index in [-0.39, 0.29) is 18.7 Å². The number of rotatable bonds is 8. The number of nitrogen functional groups attached to an aromatic ring is 1. The van der Waals surface area contributed by atoms with Crippen LogP contribution in [0.5, 0.6) is 0 Å². The Bertz CT molecular complexity index is 1370. The summed E-state index contributed by atoms with van der Waals surface area (Å²) in [5, 5.41) is 5.45. The number of aryl methyl sites for hydroxylation is 1. The molecular formula is C27H25F2N5O2. The number of nitrogens with one attached hydrogen (secondary N) is 3. The van der Waals surface area contributed by atoms with Gasteiger partial charge in [-0.25, -0.2) is 13.8 Å². The van der Waals surface area contributed by atoms with Crippen LogP contribution in [0.15, 0.2) is 72.9 Å². The lowest BCUT2D eigenvalue weighted by Crippen LogP contribution is -2.48. The van der Waals surface area contributed by atoms with E-state index in [4.69, 9.17) is 5.73 Å². The van der Waals surface area contributed by atoms with Crippen LogP contribution < -0.4 is 16.4 Å². The second kappa shape index (κ2) is 10.8. The molecule has 2 aromatic carbocycles. The van der Waals surface area contributed by atoms with Crippen LogP contribution in [-0.2, 0) is 17.8 Å². The van der Waals surface area contributed by atoms with Crippen molar-refractivity contribution in [3.63, 3.8) is 0 Å². The third-order valence-electron chi connectivity index (χ3n) is 5.65. The Hall–Kier alpha value is -4.53. The normalized spacial score (nSPS) is 11.6. The second-order valence-corrected chi connectivity index (χ2v) is 8.44. The van der Waals surface area contributed by atoms with Crippen LogP contribution in [-0.4, -0.2) is 27.8 Å². The molecule has 9 heteroatoms. The highest BCUT2D eigenvalue weighted by atomic mass is 19.2. The van der Waals surface area contributed by atoms with E-state index in [0.29, 0.717) is 16.9 Å². The van der Waals surface area contributed by atoms with Gasteiger partial charge in [-0.15, -0.1) is 0 Å². The predicted octanol–water partition coefficient (Wildman–Crippen LogP) is 3.90. The van der Waals surface area contributed by atoms with Gasteiger partial charge in [0.05, 0.1) is 0 Å². The van der Waals surface area contributed by atoms with Crippen LogP contribution in [0.2, 0.25) is 0 Å². The number of anilines is 1. The SMILES string of the molecule is Cc1ccc(-c2ccc(C(=O)N[C@@H](Cc3ccc(F)c(F)c3)C(=O)NCc3ccc(N)nc3)[nH]2)cc1. The molecule has 0 aliphatic rings. The van der Waals surface area contributed by atoms with Crippen LogP contribution in [0.4, 0.5) is 14.6 Å². The number of aromatic amines is 1. The van der Waals surface area contributed by atoms with Crippen molar-refractivity contribution < 1.29 is 18.4 Å². The summed E-state index contributed by atoms with van der Waals surface area (Å²) in [5.74, 6) is -2.67. The number of aromatic nitrogens is 2. The van der Waals surface area contributed by atoms with Crippen molar-refractivity contribution in [1.82, 2.24) is 20.6 Å². The van der Waals surface area contributed by atoms with E-state index in [1.807, 2.05) is 31.2 Å². The molecule has 7 nitrogen and oxygen atoms in total. The molecule has 0 saturated heterocycles. The number of hydrogen-bond acceptors (Lipinski definition) is 4. The molecule has 184 valence electrons. The first kappa shape index (κ1) is 24.6. The molecule has 0 aliphatic heterocycles. The van der Waals surface area contributed by atoms with Gasteiger partial charge in [0.25, 0.3) is 5.91 Å². The Morgan fingerprint density at radius 3 is 2.42 bits per heavy atom. The highest BCUT2D eigenvalue weighted by Gasteiger charge is 2.23. The minimum Gasteiger partial charge on any atom is -0.384 e. The van der Waals surface area contributed by atoms with Crippen molar-refractivity contribution >= 4 is 17.6 Å².